The van der Waals surface area contributed by atoms with Crippen molar-refractivity contribution in [2.24, 2.45) is 5.92 Å². The Morgan fingerprint density at radius 2 is 1.55 bits per heavy atom. The summed E-state index contributed by atoms with van der Waals surface area (Å²) in [5, 5.41) is 9.22. The molecule has 1 heterocycles. The molecule has 0 spiro atoms. The lowest BCUT2D eigenvalue weighted by atomic mass is 9.89. The molecule has 220 valence electrons. The maximum atomic E-state index is 13.0. The van der Waals surface area contributed by atoms with Gasteiger partial charge in [0, 0.05) is 18.8 Å². The molecule has 40 heavy (non-hydrogen) atoms. The van der Waals surface area contributed by atoms with Gasteiger partial charge in [-0.05, 0) is 81.7 Å². The summed E-state index contributed by atoms with van der Waals surface area (Å²) in [6, 6.07) is 11.9. The van der Waals surface area contributed by atoms with E-state index >= 15 is 0 Å². The van der Waals surface area contributed by atoms with Gasteiger partial charge in [-0.3, -0.25) is 4.79 Å². The maximum absolute atomic E-state index is 13.0. The van der Waals surface area contributed by atoms with Gasteiger partial charge in [0.2, 0.25) is 5.91 Å². The highest BCUT2D eigenvalue weighted by molar-refractivity contribution is 7.59. The van der Waals surface area contributed by atoms with Crippen molar-refractivity contribution in [2.75, 3.05) is 23.7 Å². The summed E-state index contributed by atoms with van der Waals surface area (Å²) >= 11 is 12.4. The van der Waals surface area contributed by atoms with E-state index in [0.29, 0.717) is 46.8 Å². The van der Waals surface area contributed by atoms with Gasteiger partial charge >= 0.3 is 12.1 Å². The number of hydrogen-bond acceptors (Lipinski definition) is 4. The molecular formula is C29H40Cl2N4O4S. The van der Waals surface area contributed by atoms with Crippen LogP contribution in [0.25, 0.3) is 0 Å². The van der Waals surface area contributed by atoms with Gasteiger partial charge in [0.15, 0.2) is 0 Å². The minimum Gasteiger partial charge on any atom is -0.444 e. The second kappa shape index (κ2) is 14.8. The van der Waals surface area contributed by atoms with Crippen LogP contribution in [0.4, 0.5) is 21.0 Å². The van der Waals surface area contributed by atoms with Crippen LogP contribution in [0.1, 0.15) is 65.4 Å². The van der Waals surface area contributed by atoms with Gasteiger partial charge in [-0.25, -0.2) is 9.59 Å². The number of nitrogens with one attached hydrogen (secondary N) is 3. The smallest absolute Gasteiger partial charge is 0.408 e. The van der Waals surface area contributed by atoms with Gasteiger partial charge in [0.25, 0.3) is 0 Å². The third kappa shape index (κ3) is 10.1. The number of urea groups is 1. The van der Waals surface area contributed by atoms with E-state index in [0.717, 1.165) is 18.4 Å². The van der Waals surface area contributed by atoms with Gasteiger partial charge in [-0.2, -0.15) is 13.5 Å². The van der Waals surface area contributed by atoms with Crippen molar-refractivity contribution in [3.63, 3.8) is 0 Å². The SMILES string of the molecule is CC(C)CC(NC(=O)OC(C)(C)C)C(=O)Nc1ccc(C2CCN(C(=O)Nc3c(Cl)cccc3Cl)CC2)cc1.S. The average molecular weight is 612 g/mol. The minimum atomic E-state index is -0.712. The van der Waals surface area contributed by atoms with E-state index in [1.807, 2.05) is 38.1 Å². The van der Waals surface area contributed by atoms with Crippen LogP contribution in [0, 0.1) is 5.92 Å². The van der Waals surface area contributed by atoms with Gasteiger partial charge in [-0.15, -0.1) is 0 Å². The first-order chi connectivity index (χ1) is 18.3. The summed E-state index contributed by atoms with van der Waals surface area (Å²) in [7, 11) is 0. The quantitative estimate of drug-likeness (QED) is 0.304. The number of ether oxygens (including phenoxy) is 1. The van der Waals surface area contributed by atoms with Crippen LogP contribution in [0.5, 0.6) is 0 Å². The molecule has 3 N–H and O–H groups in total. The first-order valence-corrected chi connectivity index (χ1v) is 14.0. The first kappa shape index (κ1) is 33.6. The second-order valence-electron chi connectivity index (χ2n) is 11.2. The van der Waals surface area contributed by atoms with E-state index in [4.69, 9.17) is 27.9 Å². The molecule has 0 saturated carbocycles. The Hall–Kier alpha value is -2.62. The molecule has 1 atom stereocenters. The normalized spacial score (nSPS) is 14.7. The third-order valence-electron chi connectivity index (χ3n) is 6.34. The van der Waals surface area contributed by atoms with E-state index in [-0.39, 0.29) is 31.4 Å². The molecule has 2 aromatic carbocycles. The standard InChI is InChI=1S/C29H38Cl2N4O4.H2S/c1-18(2)17-24(33-28(38)39-29(3,4)5)26(36)32-21-11-9-19(10-12-21)20-13-15-35(16-14-20)27(37)34-25-22(30)7-6-8-23(25)31;/h6-12,18,20,24H,13-17H2,1-5H3,(H,32,36)(H,33,38)(H,34,37);1H2. The molecule has 0 bridgehead atoms. The Morgan fingerprint density at radius 1 is 0.975 bits per heavy atom. The molecule has 0 aliphatic carbocycles. The Bertz CT molecular complexity index is 1140. The predicted octanol–water partition coefficient (Wildman–Crippen LogP) is 7.40. The molecule has 0 aromatic heterocycles. The fourth-order valence-corrected chi connectivity index (χ4v) is 4.93. The lowest BCUT2D eigenvalue weighted by Crippen LogP contribution is -2.46. The number of alkyl carbamates (subject to hydrolysis) is 1. The number of carbonyl (C=O) groups is 3. The van der Waals surface area contributed by atoms with Crippen LogP contribution in [0.3, 0.4) is 0 Å². The van der Waals surface area contributed by atoms with Crippen molar-refractivity contribution in [3.05, 3.63) is 58.1 Å². The highest BCUT2D eigenvalue weighted by atomic mass is 35.5. The number of likely N-dealkylation sites (tertiary alicyclic amines) is 1. The Labute approximate surface area is 253 Å². The van der Waals surface area contributed by atoms with E-state index in [9.17, 15) is 14.4 Å². The van der Waals surface area contributed by atoms with Gasteiger partial charge < -0.3 is 25.6 Å². The lowest BCUT2D eigenvalue weighted by Gasteiger charge is -2.32. The van der Waals surface area contributed by atoms with Crippen LogP contribution in [-0.4, -0.2) is 47.7 Å². The van der Waals surface area contributed by atoms with Crippen LogP contribution in [-0.2, 0) is 9.53 Å². The highest BCUT2D eigenvalue weighted by Crippen LogP contribution is 2.32. The first-order valence-electron chi connectivity index (χ1n) is 13.2. The van der Waals surface area contributed by atoms with E-state index in [2.05, 4.69) is 16.0 Å². The number of rotatable bonds is 7. The largest absolute Gasteiger partial charge is 0.444 e. The number of anilines is 2. The number of amides is 4. The van der Waals surface area contributed by atoms with E-state index in [1.165, 1.54) is 0 Å². The molecule has 11 heteroatoms. The summed E-state index contributed by atoms with van der Waals surface area (Å²) in [6.07, 6.45) is 1.49. The maximum Gasteiger partial charge on any atom is 0.408 e. The molecule has 4 amide bonds. The molecule has 1 unspecified atom stereocenters. The molecule has 0 radical (unpaired) electrons. The summed E-state index contributed by atoms with van der Waals surface area (Å²) in [5.74, 6) is 0.207. The van der Waals surface area contributed by atoms with Crippen molar-refractivity contribution in [1.82, 2.24) is 10.2 Å². The number of para-hydroxylation sites is 1. The van der Waals surface area contributed by atoms with Crippen LogP contribution < -0.4 is 16.0 Å². The predicted molar refractivity (Wildman–Crippen MR) is 167 cm³/mol. The summed E-state index contributed by atoms with van der Waals surface area (Å²) in [4.78, 5) is 39.7. The molecule has 8 nitrogen and oxygen atoms in total. The topological polar surface area (TPSA) is 99.8 Å². The van der Waals surface area contributed by atoms with Gasteiger partial charge in [0.1, 0.15) is 11.6 Å². The van der Waals surface area contributed by atoms with Crippen molar-refractivity contribution in [3.8, 4) is 0 Å². The van der Waals surface area contributed by atoms with E-state index in [1.54, 1.807) is 43.9 Å². The average Bonchev–Trinajstić information content (AvgIpc) is 2.85. The van der Waals surface area contributed by atoms with Crippen LogP contribution in [0.15, 0.2) is 42.5 Å². The number of piperidine rings is 1. The highest BCUT2D eigenvalue weighted by Gasteiger charge is 2.27. The van der Waals surface area contributed by atoms with Gasteiger partial charge in [-0.1, -0.05) is 55.2 Å². The lowest BCUT2D eigenvalue weighted by molar-refractivity contribution is -0.118. The molecule has 3 rings (SSSR count). The van der Waals surface area contributed by atoms with Crippen molar-refractivity contribution in [2.45, 2.75) is 71.4 Å². The third-order valence-corrected chi connectivity index (χ3v) is 6.97. The molecule has 1 fully saturated rings. The van der Waals surface area contributed by atoms with E-state index < -0.39 is 17.7 Å². The zero-order valence-corrected chi connectivity index (χ0v) is 26.2. The van der Waals surface area contributed by atoms with Gasteiger partial charge in [0.05, 0.1) is 15.7 Å². The van der Waals surface area contributed by atoms with Crippen molar-refractivity contribution < 1.29 is 19.1 Å². The summed E-state index contributed by atoms with van der Waals surface area (Å²) < 4.78 is 5.33. The minimum absolute atomic E-state index is 0. The number of carbonyl (C=O) groups excluding carboxylic acids is 3. The molecule has 1 saturated heterocycles. The Kier molecular flexibility index (Phi) is 12.5. The van der Waals surface area contributed by atoms with Crippen molar-refractivity contribution >= 4 is 66.1 Å². The Morgan fingerprint density at radius 3 is 2.08 bits per heavy atom. The molecule has 2 aromatic rings. The number of benzene rings is 2. The van der Waals surface area contributed by atoms with Crippen LogP contribution >= 0.6 is 36.7 Å². The Balaban J connectivity index is 0.00000560. The second-order valence-corrected chi connectivity index (χ2v) is 12.0. The summed E-state index contributed by atoms with van der Waals surface area (Å²) in [5.41, 5.74) is 1.56. The monoisotopic (exact) mass is 610 g/mol. The fraction of sp³-hybridized carbons (Fsp3) is 0.483. The van der Waals surface area contributed by atoms with Crippen LogP contribution in [0.2, 0.25) is 10.0 Å². The summed E-state index contributed by atoms with van der Waals surface area (Å²) in [6.45, 7) is 10.5. The number of hydrogen-bond donors (Lipinski definition) is 3. The fourth-order valence-electron chi connectivity index (χ4n) is 4.44. The zero-order valence-electron chi connectivity index (χ0n) is 23.6. The molecule has 1 aliphatic heterocycles. The van der Waals surface area contributed by atoms with Crippen molar-refractivity contribution in [1.29, 1.82) is 0 Å². The molecular weight excluding hydrogens is 571 g/mol. The zero-order chi connectivity index (χ0) is 28.7. The number of halogens is 2. The number of nitrogens with zero attached hydrogens (tertiary/aromatic N) is 1. The molecule has 1 aliphatic rings.